The summed E-state index contributed by atoms with van der Waals surface area (Å²) in [6, 6.07) is 25.6. The van der Waals surface area contributed by atoms with Gasteiger partial charge < -0.3 is 25.6 Å². The second-order valence-corrected chi connectivity index (χ2v) is 11.3. The molecule has 0 spiro atoms. The molecule has 0 radical (unpaired) electrons. The van der Waals surface area contributed by atoms with Crippen LogP contribution in [0.3, 0.4) is 0 Å². The van der Waals surface area contributed by atoms with Gasteiger partial charge in [-0.1, -0.05) is 24.3 Å². The Hall–Kier alpha value is -5.67. The molecule has 0 saturated carbocycles. The Bertz CT molecular complexity index is 2110. The molecule has 4 N–H and O–H groups in total. The molecule has 44 heavy (non-hydrogen) atoms. The van der Waals surface area contributed by atoms with Crippen LogP contribution in [-0.2, 0) is 6.61 Å². The lowest BCUT2D eigenvalue weighted by molar-refractivity contribution is 0.0697. The lowest BCUT2D eigenvalue weighted by atomic mass is 9.87. The molecule has 7 rings (SSSR count). The number of carboxylic acids is 1. The molecule has 0 unspecified atom stereocenters. The number of anilines is 2. The smallest absolute Gasteiger partial charge is 0.336 e. The molecule has 0 saturated heterocycles. The Morgan fingerprint density at radius 3 is 2.52 bits per heavy atom. The van der Waals surface area contributed by atoms with E-state index in [1.54, 1.807) is 43.6 Å². The van der Waals surface area contributed by atoms with Crippen molar-refractivity contribution in [2.75, 3.05) is 18.2 Å². The third kappa shape index (κ3) is 4.69. The first kappa shape index (κ1) is 27.2. The number of hydrogen-bond donors (Lipinski definition) is 3. The van der Waals surface area contributed by atoms with E-state index in [1.807, 2.05) is 60.0 Å². The number of amides is 1. The van der Waals surface area contributed by atoms with Crippen LogP contribution in [0.15, 0.2) is 96.5 Å². The quantitative estimate of drug-likeness (QED) is 0.179. The van der Waals surface area contributed by atoms with Crippen molar-refractivity contribution in [1.29, 1.82) is 0 Å². The summed E-state index contributed by atoms with van der Waals surface area (Å²) in [5, 5.41) is 17.0. The van der Waals surface area contributed by atoms with E-state index in [1.165, 1.54) is 11.3 Å². The molecule has 216 valence electrons. The second-order valence-electron chi connectivity index (χ2n) is 10.3. The van der Waals surface area contributed by atoms with Crippen LogP contribution < -0.4 is 20.5 Å². The average molecular weight is 600 g/mol. The van der Waals surface area contributed by atoms with Gasteiger partial charge in [0.2, 0.25) is 0 Å². The summed E-state index contributed by atoms with van der Waals surface area (Å²) >= 11 is 1.51. The SMILES string of the molecule is COc1cc(-c2cc3c(cc2C(=O)O)-c2ccccc2OC3)c(C(=O)Nc2ccc3c(N)nccc3c2)cc1-c1cccs1. The zero-order valence-electron chi connectivity index (χ0n) is 23.5. The summed E-state index contributed by atoms with van der Waals surface area (Å²) in [6.07, 6.45) is 1.61. The fourth-order valence-electron chi connectivity index (χ4n) is 5.65. The van der Waals surface area contributed by atoms with Crippen LogP contribution in [0.5, 0.6) is 11.5 Å². The normalized spacial score (nSPS) is 11.8. The fraction of sp³-hybridized carbons (Fsp3) is 0.0571. The summed E-state index contributed by atoms with van der Waals surface area (Å²) in [6.45, 7) is 0.264. The monoisotopic (exact) mass is 599 g/mol. The number of aromatic nitrogens is 1. The molecule has 2 aromatic heterocycles. The maximum atomic E-state index is 14.1. The third-order valence-electron chi connectivity index (χ3n) is 7.75. The first-order valence-corrected chi connectivity index (χ1v) is 14.6. The van der Waals surface area contributed by atoms with E-state index in [9.17, 15) is 14.7 Å². The van der Waals surface area contributed by atoms with Crippen molar-refractivity contribution in [1.82, 2.24) is 4.98 Å². The van der Waals surface area contributed by atoms with E-state index in [0.717, 1.165) is 37.9 Å². The van der Waals surface area contributed by atoms with Crippen LogP contribution in [0.4, 0.5) is 11.5 Å². The van der Waals surface area contributed by atoms with Crippen molar-refractivity contribution < 1.29 is 24.2 Å². The second kappa shape index (κ2) is 10.9. The predicted molar refractivity (Wildman–Crippen MR) is 173 cm³/mol. The van der Waals surface area contributed by atoms with Crippen molar-refractivity contribution in [3.05, 3.63) is 113 Å². The number of nitrogens with zero attached hydrogens (tertiary/aromatic N) is 1. The van der Waals surface area contributed by atoms with E-state index in [-0.39, 0.29) is 12.2 Å². The minimum Gasteiger partial charge on any atom is -0.496 e. The molecule has 1 aliphatic heterocycles. The summed E-state index contributed by atoms with van der Waals surface area (Å²) in [7, 11) is 1.56. The first-order chi connectivity index (χ1) is 21.4. The summed E-state index contributed by atoms with van der Waals surface area (Å²) in [4.78, 5) is 31.9. The Morgan fingerprint density at radius 2 is 1.73 bits per heavy atom. The number of hydrogen-bond acceptors (Lipinski definition) is 7. The molecule has 3 heterocycles. The lowest BCUT2D eigenvalue weighted by Gasteiger charge is -2.23. The van der Waals surface area contributed by atoms with Gasteiger partial charge in [-0.05, 0) is 93.7 Å². The van der Waals surface area contributed by atoms with Gasteiger partial charge in [-0.15, -0.1) is 11.3 Å². The highest BCUT2D eigenvalue weighted by atomic mass is 32.1. The van der Waals surface area contributed by atoms with E-state index < -0.39 is 11.9 Å². The third-order valence-corrected chi connectivity index (χ3v) is 8.65. The Labute approximate surface area is 256 Å². The highest BCUT2D eigenvalue weighted by Crippen LogP contribution is 2.44. The van der Waals surface area contributed by atoms with Crippen LogP contribution in [-0.4, -0.2) is 29.1 Å². The molecule has 4 aromatic carbocycles. The number of para-hydroxylation sites is 1. The van der Waals surface area contributed by atoms with E-state index in [2.05, 4.69) is 10.3 Å². The largest absolute Gasteiger partial charge is 0.496 e. The number of fused-ring (bicyclic) bond motifs is 4. The summed E-state index contributed by atoms with van der Waals surface area (Å²) < 4.78 is 11.8. The fourth-order valence-corrected chi connectivity index (χ4v) is 6.39. The number of nitrogens with one attached hydrogen (secondary N) is 1. The molecule has 0 bridgehead atoms. The van der Waals surface area contributed by atoms with Gasteiger partial charge in [-0.25, -0.2) is 9.78 Å². The average Bonchev–Trinajstić information content (AvgIpc) is 3.58. The van der Waals surface area contributed by atoms with Crippen molar-refractivity contribution in [2.24, 2.45) is 0 Å². The van der Waals surface area contributed by atoms with Gasteiger partial charge in [0.25, 0.3) is 5.91 Å². The number of nitrogen functional groups attached to an aromatic ring is 1. The number of ether oxygens (including phenoxy) is 2. The number of carbonyl (C=O) groups excluding carboxylic acids is 1. The molecule has 0 atom stereocenters. The van der Waals surface area contributed by atoms with Crippen LogP contribution >= 0.6 is 11.3 Å². The molecular formula is C35H25N3O5S. The molecular weight excluding hydrogens is 574 g/mol. The highest BCUT2D eigenvalue weighted by Gasteiger charge is 2.26. The van der Waals surface area contributed by atoms with Gasteiger partial charge in [0.1, 0.15) is 23.9 Å². The maximum Gasteiger partial charge on any atom is 0.336 e. The molecule has 0 aliphatic carbocycles. The van der Waals surface area contributed by atoms with Gasteiger partial charge in [-0.2, -0.15) is 0 Å². The van der Waals surface area contributed by atoms with Crippen molar-refractivity contribution >= 4 is 45.5 Å². The number of pyridine rings is 1. The number of benzene rings is 4. The maximum absolute atomic E-state index is 14.1. The number of aromatic carboxylic acids is 1. The zero-order valence-corrected chi connectivity index (χ0v) is 24.3. The molecule has 1 amide bonds. The van der Waals surface area contributed by atoms with Crippen LogP contribution in [0.1, 0.15) is 26.3 Å². The molecule has 6 aromatic rings. The van der Waals surface area contributed by atoms with Gasteiger partial charge in [0.15, 0.2) is 0 Å². The zero-order chi connectivity index (χ0) is 30.4. The van der Waals surface area contributed by atoms with E-state index >= 15 is 0 Å². The summed E-state index contributed by atoms with van der Waals surface area (Å²) in [5.41, 5.74) is 10.9. The Kier molecular flexibility index (Phi) is 6.71. The van der Waals surface area contributed by atoms with E-state index in [4.69, 9.17) is 15.2 Å². The Balaban J connectivity index is 1.41. The number of carboxylic acid groups (broad SMARTS) is 1. The number of carbonyl (C=O) groups is 2. The van der Waals surface area contributed by atoms with Crippen molar-refractivity contribution in [3.8, 4) is 44.2 Å². The Morgan fingerprint density at radius 1 is 0.909 bits per heavy atom. The highest BCUT2D eigenvalue weighted by molar-refractivity contribution is 7.13. The number of thiophene rings is 1. The molecule has 9 heteroatoms. The van der Waals surface area contributed by atoms with Crippen LogP contribution in [0.25, 0.3) is 43.5 Å². The van der Waals surface area contributed by atoms with Crippen molar-refractivity contribution in [3.63, 3.8) is 0 Å². The van der Waals surface area contributed by atoms with Crippen LogP contribution in [0, 0.1) is 0 Å². The van der Waals surface area contributed by atoms with Gasteiger partial charge in [-0.3, -0.25) is 4.79 Å². The van der Waals surface area contributed by atoms with Crippen LogP contribution in [0.2, 0.25) is 0 Å². The summed E-state index contributed by atoms with van der Waals surface area (Å²) in [5.74, 6) is 0.0960. The van der Waals surface area contributed by atoms with Gasteiger partial charge in [0.05, 0.1) is 12.7 Å². The number of methoxy groups -OCH3 is 1. The molecule has 8 nitrogen and oxygen atoms in total. The lowest BCUT2D eigenvalue weighted by Crippen LogP contribution is -2.15. The number of rotatable bonds is 6. The minimum atomic E-state index is -1.11. The van der Waals surface area contributed by atoms with Crippen molar-refractivity contribution in [2.45, 2.75) is 6.61 Å². The molecule has 1 aliphatic rings. The predicted octanol–water partition coefficient (Wildman–Crippen LogP) is 7.73. The number of nitrogens with two attached hydrogens (primary N) is 1. The first-order valence-electron chi connectivity index (χ1n) is 13.8. The molecule has 0 fully saturated rings. The standard InChI is InChI=1S/C35H25N3O5S/c1-42-31-17-26(25-14-20-18-43-30-6-3-2-5-23(30)24(20)15-28(25)35(40)41)27(16-29(31)32-7-4-12-44-32)34(39)38-21-8-9-22-19(13-21)10-11-37-33(22)36/h2-17H,18H2,1H3,(H2,36,37)(H,38,39)(H,40,41). The topological polar surface area (TPSA) is 124 Å². The van der Waals surface area contributed by atoms with Gasteiger partial charge >= 0.3 is 5.97 Å². The minimum absolute atomic E-state index is 0.0640. The van der Waals surface area contributed by atoms with E-state index in [0.29, 0.717) is 39.7 Å². The van der Waals surface area contributed by atoms with Gasteiger partial charge in [0, 0.05) is 38.8 Å².